The Labute approximate surface area is 108 Å². The highest BCUT2D eigenvalue weighted by molar-refractivity contribution is 5.78. The van der Waals surface area contributed by atoms with Crippen molar-refractivity contribution in [3.63, 3.8) is 0 Å². The van der Waals surface area contributed by atoms with Crippen molar-refractivity contribution in [2.75, 3.05) is 0 Å². The number of fused-ring (bicyclic) bond motifs is 1. The Balaban J connectivity index is 1.77. The van der Waals surface area contributed by atoms with Gasteiger partial charge in [-0.25, -0.2) is 0 Å². The van der Waals surface area contributed by atoms with Crippen LogP contribution in [0.3, 0.4) is 0 Å². The Morgan fingerprint density at radius 1 is 1.21 bits per heavy atom. The Kier molecular flexibility index (Phi) is 3.03. The van der Waals surface area contributed by atoms with Crippen molar-refractivity contribution in [2.45, 2.75) is 13.1 Å². The van der Waals surface area contributed by atoms with E-state index < -0.39 is 0 Å². The molecule has 1 aromatic carbocycles. The minimum atomic E-state index is -0.0840. The largest absolute Gasteiger partial charge is 0.322 e. The number of rotatable bonds is 4. The SMILES string of the molecule is O=c1[nH]c2ccccc2cc1CNCc1nn[nH]n1. The van der Waals surface area contributed by atoms with E-state index in [9.17, 15) is 4.79 Å². The van der Waals surface area contributed by atoms with Crippen molar-refractivity contribution < 1.29 is 0 Å². The fourth-order valence-corrected chi connectivity index (χ4v) is 1.89. The van der Waals surface area contributed by atoms with Gasteiger partial charge in [-0.3, -0.25) is 4.79 Å². The number of hydrogen-bond acceptors (Lipinski definition) is 5. The molecule has 0 aliphatic heterocycles. The number of H-pyrrole nitrogens is 2. The fraction of sp³-hybridized carbons (Fsp3) is 0.167. The first-order valence-corrected chi connectivity index (χ1v) is 5.87. The minimum absolute atomic E-state index is 0.0840. The zero-order valence-corrected chi connectivity index (χ0v) is 10.1. The number of tetrazole rings is 1. The second-order valence-corrected chi connectivity index (χ2v) is 4.14. The van der Waals surface area contributed by atoms with Gasteiger partial charge in [-0.15, -0.1) is 10.2 Å². The average molecular weight is 256 g/mol. The molecular formula is C12H12N6O. The molecule has 7 heteroatoms. The predicted octanol–water partition coefficient (Wildman–Crippen LogP) is 0.331. The second kappa shape index (κ2) is 4.99. The summed E-state index contributed by atoms with van der Waals surface area (Å²) in [5.74, 6) is 0.567. The van der Waals surface area contributed by atoms with E-state index in [0.717, 1.165) is 10.9 Å². The Hall–Kier alpha value is -2.54. The lowest BCUT2D eigenvalue weighted by Gasteiger charge is -2.03. The van der Waals surface area contributed by atoms with Crippen LogP contribution in [0.15, 0.2) is 35.1 Å². The molecule has 2 heterocycles. The van der Waals surface area contributed by atoms with E-state index in [2.05, 4.69) is 30.9 Å². The average Bonchev–Trinajstić information content (AvgIpc) is 2.92. The molecule has 7 nitrogen and oxygen atoms in total. The molecule has 3 N–H and O–H groups in total. The maximum atomic E-state index is 11.9. The van der Waals surface area contributed by atoms with Crippen molar-refractivity contribution >= 4 is 10.9 Å². The molecule has 96 valence electrons. The Morgan fingerprint density at radius 3 is 2.95 bits per heavy atom. The molecule has 0 bridgehead atoms. The van der Waals surface area contributed by atoms with Crippen LogP contribution < -0.4 is 10.9 Å². The highest BCUT2D eigenvalue weighted by Crippen LogP contribution is 2.09. The van der Waals surface area contributed by atoms with E-state index in [1.54, 1.807) is 0 Å². The first kappa shape index (κ1) is 11.5. The molecule has 0 radical (unpaired) electrons. The summed E-state index contributed by atoms with van der Waals surface area (Å²) >= 11 is 0. The van der Waals surface area contributed by atoms with Gasteiger partial charge in [0.2, 0.25) is 0 Å². The van der Waals surface area contributed by atoms with Crippen LogP contribution in [-0.4, -0.2) is 25.6 Å². The number of nitrogens with zero attached hydrogens (tertiary/aromatic N) is 3. The molecule has 0 saturated heterocycles. The molecule has 0 atom stereocenters. The van der Waals surface area contributed by atoms with Gasteiger partial charge in [0.15, 0.2) is 5.82 Å². The number of aromatic amines is 2. The Morgan fingerprint density at radius 2 is 2.11 bits per heavy atom. The second-order valence-electron chi connectivity index (χ2n) is 4.14. The quantitative estimate of drug-likeness (QED) is 0.624. The molecular weight excluding hydrogens is 244 g/mol. The van der Waals surface area contributed by atoms with Crippen LogP contribution in [0.2, 0.25) is 0 Å². The van der Waals surface area contributed by atoms with Crippen LogP contribution in [0.4, 0.5) is 0 Å². The van der Waals surface area contributed by atoms with Gasteiger partial charge in [0.1, 0.15) is 0 Å². The summed E-state index contributed by atoms with van der Waals surface area (Å²) in [6.07, 6.45) is 0. The van der Waals surface area contributed by atoms with E-state index in [1.165, 1.54) is 0 Å². The first-order valence-electron chi connectivity index (χ1n) is 5.87. The topological polar surface area (TPSA) is 99.4 Å². The number of aromatic nitrogens is 5. The summed E-state index contributed by atoms with van der Waals surface area (Å²) in [6.45, 7) is 0.914. The number of para-hydroxylation sites is 1. The third kappa shape index (κ3) is 2.50. The zero-order chi connectivity index (χ0) is 13.1. The van der Waals surface area contributed by atoms with Gasteiger partial charge in [0.05, 0.1) is 6.54 Å². The third-order valence-electron chi connectivity index (χ3n) is 2.82. The van der Waals surface area contributed by atoms with E-state index in [-0.39, 0.29) is 5.56 Å². The molecule has 0 amide bonds. The van der Waals surface area contributed by atoms with Gasteiger partial charge in [0.25, 0.3) is 5.56 Å². The zero-order valence-electron chi connectivity index (χ0n) is 10.1. The number of pyridine rings is 1. The fourth-order valence-electron chi connectivity index (χ4n) is 1.89. The smallest absolute Gasteiger partial charge is 0.252 e. The number of nitrogens with one attached hydrogen (secondary N) is 3. The maximum Gasteiger partial charge on any atom is 0.252 e. The van der Waals surface area contributed by atoms with Gasteiger partial charge in [-0.05, 0) is 17.5 Å². The summed E-state index contributed by atoms with van der Waals surface area (Å²) in [4.78, 5) is 14.7. The summed E-state index contributed by atoms with van der Waals surface area (Å²) in [6, 6.07) is 9.57. The molecule has 0 spiro atoms. The number of benzene rings is 1. The first-order chi connectivity index (χ1) is 9.33. The summed E-state index contributed by atoms with van der Waals surface area (Å²) < 4.78 is 0. The molecule has 0 aliphatic rings. The van der Waals surface area contributed by atoms with Crippen molar-refractivity contribution in [1.82, 2.24) is 30.9 Å². The molecule has 3 aromatic rings. The van der Waals surface area contributed by atoms with Crippen LogP contribution in [-0.2, 0) is 13.1 Å². The van der Waals surface area contributed by atoms with Gasteiger partial charge in [-0.2, -0.15) is 5.21 Å². The van der Waals surface area contributed by atoms with Crippen molar-refractivity contribution in [2.24, 2.45) is 0 Å². The lowest BCUT2D eigenvalue weighted by molar-refractivity contribution is 0.660. The molecule has 0 aliphatic carbocycles. The van der Waals surface area contributed by atoms with Gasteiger partial charge in [0, 0.05) is 17.6 Å². The third-order valence-corrected chi connectivity index (χ3v) is 2.82. The van der Waals surface area contributed by atoms with E-state index in [4.69, 9.17) is 0 Å². The summed E-state index contributed by atoms with van der Waals surface area (Å²) in [5, 5.41) is 17.6. The molecule has 0 saturated carbocycles. The highest BCUT2D eigenvalue weighted by atomic mass is 16.1. The van der Waals surface area contributed by atoms with E-state index in [1.807, 2.05) is 30.3 Å². The maximum absolute atomic E-state index is 11.9. The predicted molar refractivity (Wildman–Crippen MR) is 69.3 cm³/mol. The molecule has 0 fully saturated rings. The Bertz CT molecular complexity index is 733. The van der Waals surface area contributed by atoms with Crippen LogP contribution in [0.25, 0.3) is 10.9 Å². The summed E-state index contributed by atoms with van der Waals surface area (Å²) in [5.41, 5.74) is 1.44. The molecule has 3 rings (SSSR count). The highest BCUT2D eigenvalue weighted by Gasteiger charge is 2.03. The van der Waals surface area contributed by atoms with E-state index >= 15 is 0 Å². The van der Waals surface area contributed by atoms with E-state index in [0.29, 0.717) is 24.5 Å². The van der Waals surface area contributed by atoms with Crippen molar-refractivity contribution in [1.29, 1.82) is 0 Å². The van der Waals surface area contributed by atoms with Gasteiger partial charge >= 0.3 is 0 Å². The van der Waals surface area contributed by atoms with Crippen LogP contribution in [0.1, 0.15) is 11.4 Å². The lowest BCUT2D eigenvalue weighted by Crippen LogP contribution is -2.21. The van der Waals surface area contributed by atoms with Crippen LogP contribution >= 0.6 is 0 Å². The van der Waals surface area contributed by atoms with Crippen molar-refractivity contribution in [3.8, 4) is 0 Å². The molecule has 0 unspecified atom stereocenters. The lowest BCUT2D eigenvalue weighted by atomic mass is 10.1. The monoisotopic (exact) mass is 256 g/mol. The normalized spacial score (nSPS) is 10.9. The molecule has 2 aromatic heterocycles. The van der Waals surface area contributed by atoms with Crippen LogP contribution in [0.5, 0.6) is 0 Å². The molecule has 19 heavy (non-hydrogen) atoms. The summed E-state index contributed by atoms with van der Waals surface area (Å²) in [7, 11) is 0. The van der Waals surface area contributed by atoms with Crippen molar-refractivity contribution in [3.05, 3.63) is 52.1 Å². The van der Waals surface area contributed by atoms with Gasteiger partial charge < -0.3 is 10.3 Å². The van der Waals surface area contributed by atoms with Gasteiger partial charge in [-0.1, -0.05) is 23.4 Å². The van der Waals surface area contributed by atoms with Crippen LogP contribution in [0, 0.1) is 0 Å². The minimum Gasteiger partial charge on any atom is -0.322 e. The number of hydrogen-bond donors (Lipinski definition) is 3. The standard InChI is InChI=1S/C12H12N6O/c19-12-9(6-13-7-11-15-17-18-16-11)5-8-3-1-2-4-10(8)14-12/h1-5,13H,6-7H2,(H,14,19)(H,15,16,17,18).